The summed E-state index contributed by atoms with van der Waals surface area (Å²) in [5.74, 6) is -1.19. The van der Waals surface area contributed by atoms with E-state index in [0.717, 1.165) is 4.90 Å². The van der Waals surface area contributed by atoms with Gasteiger partial charge in [-0.25, -0.2) is 9.78 Å². The van der Waals surface area contributed by atoms with Gasteiger partial charge in [0.05, 0.1) is 16.3 Å². The highest BCUT2D eigenvalue weighted by Gasteiger charge is 2.21. The number of benzene rings is 1. The van der Waals surface area contributed by atoms with Crippen LogP contribution >= 0.6 is 35.0 Å². The van der Waals surface area contributed by atoms with Crippen LogP contribution in [0.2, 0.25) is 10.2 Å². The first-order valence-corrected chi connectivity index (χ1v) is 8.86. The Morgan fingerprint density at radius 2 is 2.04 bits per heavy atom. The highest BCUT2D eigenvalue weighted by atomic mass is 35.5. The molecule has 0 aliphatic heterocycles. The maximum absolute atomic E-state index is 12.2. The minimum absolute atomic E-state index is 0.153. The second-order valence-corrected chi connectivity index (χ2v) is 6.37. The van der Waals surface area contributed by atoms with Crippen LogP contribution in [0.25, 0.3) is 0 Å². The summed E-state index contributed by atoms with van der Waals surface area (Å²) in [6, 6.07) is 8.26. The normalized spacial score (nSPS) is 11.7. The lowest BCUT2D eigenvalue weighted by Gasteiger charge is -2.14. The number of thioether (sulfide) groups is 1. The van der Waals surface area contributed by atoms with Crippen LogP contribution in [0.4, 0.5) is 5.69 Å². The summed E-state index contributed by atoms with van der Waals surface area (Å²) in [4.78, 5) is 29.1. The molecule has 24 heavy (non-hydrogen) atoms. The summed E-state index contributed by atoms with van der Waals surface area (Å²) in [6.45, 7) is 1.46. The molecule has 0 aliphatic carbocycles. The van der Waals surface area contributed by atoms with Crippen molar-refractivity contribution >= 4 is 52.5 Å². The van der Waals surface area contributed by atoms with Crippen molar-refractivity contribution in [3.63, 3.8) is 0 Å². The smallest absolute Gasteiger partial charge is 0.340 e. The molecule has 126 valence electrons. The second kappa shape index (κ2) is 8.37. The lowest BCUT2D eigenvalue weighted by atomic mass is 10.2. The Bertz CT molecular complexity index is 771. The molecule has 0 spiro atoms. The molecule has 0 saturated carbocycles. The molecule has 0 aliphatic rings. The minimum atomic E-state index is -1.03. The number of halogens is 2. The number of hydrogen-bond acceptors (Lipinski definition) is 5. The zero-order valence-electron chi connectivity index (χ0n) is 12.9. The number of amides is 1. The number of hydrogen-bond donors (Lipinski definition) is 1. The molecule has 0 saturated heterocycles. The van der Waals surface area contributed by atoms with Gasteiger partial charge in [0.1, 0.15) is 0 Å². The average molecular weight is 385 g/mol. The van der Waals surface area contributed by atoms with E-state index in [1.807, 2.05) is 6.26 Å². The third-order valence-corrected chi connectivity index (χ3v) is 4.42. The monoisotopic (exact) mass is 384 g/mol. The van der Waals surface area contributed by atoms with Crippen LogP contribution in [0, 0.1) is 0 Å². The molecular weight excluding hydrogens is 371 g/mol. The molecule has 5 nitrogen and oxygen atoms in total. The van der Waals surface area contributed by atoms with Gasteiger partial charge in [-0.15, -0.1) is 11.8 Å². The summed E-state index contributed by atoms with van der Waals surface area (Å²) in [7, 11) is 0. The summed E-state index contributed by atoms with van der Waals surface area (Å²) in [6.07, 6.45) is 2.36. The van der Waals surface area contributed by atoms with Crippen LogP contribution in [0.15, 0.2) is 41.4 Å². The van der Waals surface area contributed by atoms with Crippen LogP contribution in [-0.2, 0) is 9.53 Å². The zero-order valence-corrected chi connectivity index (χ0v) is 15.2. The maximum atomic E-state index is 12.2. The fourth-order valence-electron chi connectivity index (χ4n) is 1.78. The number of rotatable bonds is 5. The topological polar surface area (TPSA) is 68.3 Å². The number of nitrogens with zero attached hydrogens (tertiary/aromatic N) is 1. The molecular formula is C16H14Cl2N2O3S. The average Bonchev–Trinajstić information content (AvgIpc) is 2.57. The Morgan fingerprint density at radius 1 is 1.29 bits per heavy atom. The molecule has 0 radical (unpaired) electrons. The standard InChI is InChI=1S/C16H14Cl2N2O3S/c1-9(15(21)20-13-4-3-7-19-14(13)18)23-16(22)11-8-10(24-2)5-6-12(11)17/h3-9H,1-2H3,(H,20,21). The van der Waals surface area contributed by atoms with Crippen LogP contribution < -0.4 is 5.32 Å². The van der Waals surface area contributed by atoms with Crippen LogP contribution in [0.3, 0.4) is 0 Å². The first-order chi connectivity index (χ1) is 11.4. The van der Waals surface area contributed by atoms with Gasteiger partial charge >= 0.3 is 5.97 Å². The zero-order chi connectivity index (χ0) is 17.7. The fourth-order valence-corrected chi connectivity index (χ4v) is 2.58. The van der Waals surface area contributed by atoms with Crippen molar-refractivity contribution in [2.75, 3.05) is 11.6 Å². The van der Waals surface area contributed by atoms with E-state index in [1.54, 1.807) is 30.3 Å². The van der Waals surface area contributed by atoms with E-state index in [0.29, 0.717) is 5.69 Å². The van der Waals surface area contributed by atoms with Crippen molar-refractivity contribution in [3.8, 4) is 0 Å². The number of pyridine rings is 1. The van der Waals surface area contributed by atoms with Gasteiger partial charge in [0.2, 0.25) is 0 Å². The van der Waals surface area contributed by atoms with Crippen molar-refractivity contribution in [3.05, 3.63) is 52.3 Å². The van der Waals surface area contributed by atoms with Crippen molar-refractivity contribution in [2.45, 2.75) is 17.9 Å². The molecule has 1 aromatic heterocycles. The quantitative estimate of drug-likeness (QED) is 0.472. The Balaban J connectivity index is 2.06. The SMILES string of the molecule is CSc1ccc(Cl)c(C(=O)OC(C)C(=O)Nc2cccnc2Cl)c1. The maximum Gasteiger partial charge on any atom is 0.340 e. The van der Waals surface area contributed by atoms with Crippen LogP contribution in [-0.4, -0.2) is 29.2 Å². The summed E-state index contributed by atoms with van der Waals surface area (Å²) in [5.41, 5.74) is 0.553. The third-order valence-electron chi connectivity index (χ3n) is 3.06. The van der Waals surface area contributed by atoms with E-state index >= 15 is 0 Å². The molecule has 8 heteroatoms. The molecule has 1 heterocycles. The lowest BCUT2D eigenvalue weighted by molar-refractivity contribution is -0.123. The highest BCUT2D eigenvalue weighted by Crippen LogP contribution is 2.24. The van der Waals surface area contributed by atoms with Crippen LogP contribution in [0.1, 0.15) is 17.3 Å². The van der Waals surface area contributed by atoms with Gasteiger partial charge in [-0.1, -0.05) is 23.2 Å². The molecule has 0 bridgehead atoms. The van der Waals surface area contributed by atoms with Gasteiger partial charge in [-0.3, -0.25) is 4.79 Å². The Hall–Kier alpha value is -1.76. The lowest BCUT2D eigenvalue weighted by Crippen LogP contribution is -2.30. The number of nitrogens with one attached hydrogen (secondary N) is 1. The van der Waals surface area contributed by atoms with Gasteiger partial charge in [-0.05, 0) is 43.5 Å². The highest BCUT2D eigenvalue weighted by molar-refractivity contribution is 7.98. The Morgan fingerprint density at radius 3 is 2.71 bits per heavy atom. The summed E-state index contributed by atoms with van der Waals surface area (Å²) >= 11 is 13.4. The molecule has 2 rings (SSSR count). The third kappa shape index (κ3) is 4.63. The number of ether oxygens (including phenoxy) is 1. The Kier molecular flexibility index (Phi) is 6.48. The number of anilines is 1. The molecule has 1 atom stereocenters. The van der Waals surface area contributed by atoms with E-state index in [4.69, 9.17) is 27.9 Å². The predicted molar refractivity (Wildman–Crippen MR) is 96.0 cm³/mol. The molecule has 1 aromatic carbocycles. The van der Waals surface area contributed by atoms with E-state index in [-0.39, 0.29) is 15.7 Å². The van der Waals surface area contributed by atoms with Crippen molar-refractivity contribution in [1.29, 1.82) is 0 Å². The van der Waals surface area contributed by atoms with Crippen molar-refractivity contribution < 1.29 is 14.3 Å². The molecule has 1 unspecified atom stereocenters. The van der Waals surface area contributed by atoms with E-state index in [9.17, 15) is 9.59 Å². The van der Waals surface area contributed by atoms with E-state index in [2.05, 4.69) is 10.3 Å². The molecule has 0 fully saturated rings. The first kappa shape index (κ1) is 18.6. The second-order valence-electron chi connectivity index (χ2n) is 4.72. The number of carbonyl (C=O) groups is 2. The molecule has 1 amide bonds. The van der Waals surface area contributed by atoms with E-state index < -0.39 is 18.0 Å². The number of esters is 1. The molecule has 1 N–H and O–H groups in total. The van der Waals surface area contributed by atoms with Crippen molar-refractivity contribution in [1.82, 2.24) is 4.98 Å². The fraction of sp³-hybridized carbons (Fsp3) is 0.188. The summed E-state index contributed by atoms with van der Waals surface area (Å²) in [5, 5.41) is 2.97. The predicted octanol–water partition coefficient (Wildman–Crippen LogP) is 4.29. The molecule has 2 aromatic rings. The van der Waals surface area contributed by atoms with Gasteiger partial charge in [0.15, 0.2) is 11.3 Å². The van der Waals surface area contributed by atoms with Gasteiger partial charge in [-0.2, -0.15) is 0 Å². The largest absolute Gasteiger partial charge is 0.449 e. The number of aromatic nitrogens is 1. The van der Waals surface area contributed by atoms with Crippen LogP contribution in [0.5, 0.6) is 0 Å². The van der Waals surface area contributed by atoms with Gasteiger partial charge in [0.25, 0.3) is 5.91 Å². The van der Waals surface area contributed by atoms with E-state index in [1.165, 1.54) is 24.9 Å². The minimum Gasteiger partial charge on any atom is -0.449 e. The van der Waals surface area contributed by atoms with Gasteiger partial charge in [0, 0.05) is 11.1 Å². The first-order valence-electron chi connectivity index (χ1n) is 6.88. The van der Waals surface area contributed by atoms with Gasteiger partial charge < -0.3 is 10.1 Å². The summed E-state index contributed by atoms with van der Waals surface area (Å²) < 4.78 is 5.18. The van der Waals surface area contributed by atoms with Crippen molar-refractivity contribution in [2.24, 2.45) is 0 Å². The number of carbonyl (C=O) groups excluding carboxylic acids is 2. The Labute approximate surface area is 153 Å².